The highest BCUT2D eigenvalue weighted by molar-refractivity contribution is 6.06. The monoisotopic (exact) mass is 457 g/mol. The van der Waals surface area contributed by atoms with Crippen LogP contribution in [0, 0.1) is 0 Å². The lowest BCUT2D eigenvalue weighted by Crippen LogP contribution is -2.23. The van der Waals surface area contributed by atoms with Gasteiger partial charge in [-0.05, 0) is 61.0 Å². The number of alkyl halides is 3. The van der Waals surface area contributed by atoms with E-state index < -0.39 is 29.2 Å². The lowest BCUT2D eigenvalue weighted by molar-refractivity contribution is -0.136. The first-order valence-corrected chi connectivity index (χ1v) is 10.0. The van der Waals surface area contributed by atoms with Gasteiger partial charge in [-0.2, -0.15) is 13.2 Å². The average Bonchev–Trinajstić information content (AvgIpc) is 3.46. The van der Waals surface area contributed by atoms with Crippen LogP contribution in [0.2, 0.25) is 0 Å². The van der Waals surface area contributed by atoms with E-state index in [9.17, 15) is 27.6 Å². The fraction of sp³-hybridized carbons (Fsp3) is 0.174. The maximum atomic E-state index is 13.6. The standard InChI is InChI=1S/C23H18F3N3O4/c24-23(25,26)17-13-15(27-22(32)19-3-2-12-33-19)7-10-18(17)28-21(31)14-5-8-16(9-6-14)29-11-1-4-20(29)30/h2-3,5-10,12-13H,1,4,11H2,(H,27,32)(H,28,31). The van der Waals surface area contributed by atoms with E-state index in [1.165, 1.54) is 36.6 Å². The predicted molar refractivity (Wildman–Crippen MR) is 114 cm³/mol. The second-order valence-electron chi connectivity index (χ2n) is 7.34. The van der Waals surface area contributed by atoms with Crippen LogP contribution in [0.3, 0.4) is 0 Å². The topological polar surface area (TPSA) is 91.7 Å². The zero-order chi connectivity index (χ0) is 23.6. The number of amides is 3. The summed E-state index contributed by atoms with van der Waals surface area (Å²) in [5, 5.41) is 4.60. The summed E-state index contributed by atoms with van der Waals surface area (Å²) in [6.45, 7) is 0.585. The lowest BCUT2D eigenvalue weighted by Gasteiger charge is -2.17. The molecule has 1 aliphatic heterocycles. The highest BCUT2D eigenvalue weighted by Gasteiger charge is 2.34. The van der Waals surface area contributed by atoms with Gasteiger partial charge in [-0.25, -0.2) is 0 Å². The molecular formula is C23H18F3N3O4. The number of benzene rings is 2. The normalized spacial score (nSPS) is 13.8. The maximum absolute atomic E-state index is 13.6. The molecule has 1 aromatic heterocycles. The summed E-state index contributed by atoms with van der Waals surface area (Å²) in [4.78, 5) is 38.0. The van der Waals surface area contributed by atoms with Crippen LogP contribution in [0.15, 0.2) is 65.3 Å². The highest BCUT2D eigenvalue weighted by Crippen LogP contribution is 2.37. The fourth-order valence-corrected chi connectivity index (χ4v) is 3.47. The first-order chi connectivity index (χ1) is 15.7. The first-order valence-electron chi connectivity index (χ1n) is 10.0. The molecule has 2 N–H and O–H groups in total. The molecule has 170 valence electrons. The van der Waals surface area contributed by atoms with Crippen molar-refractivity contribution in [1.29, 1.82) is 0 Å². The van der Waals surface area contributed by atoms with Crippen molar-refractivity contribution in [3.8, 4) is 0 Å². The van der Waals surface area contributed by atoms with Crippen molar-refractivity contribution in [1.82, 2.24) is 0 Å². The number of furan rings is 1. The number of carbonyl (C=O) groups is 3. The number of carbonyl (C=O) groups excluding carboxylic acids is 3. The molecule has 0 aliphatic carbocycles. The molecule has 0 saturated carbocycles. The van der Waals surface area contributed by atoms with Crippen LogP contribution in [-0.4, -0.2) is 24.3 Å². The molecule has 10 heteroatoms. The van der Waals surface area contributed by atoms with E-state index in [1.807, 2.05) is 0 Å². The van der Waals surface area contributed by atoms with Gasteiger partial charge in [-0.3, -0.25) is 14.4 Å². The molecule has 2 aromatic carbocycles. The van der Waals surface area contributed by atoms with Gasteiger partial charge in [0.05, 0.1) is 17.5 Å². The van der Waals surface area contributed by atoms with E-state index in [1.54, 1.807) is 17.0 Å². The lowest BCUT2D eigenvalue weighted by atomic mass is 10.1. The van der Waals surface area contributed by atoms with E-state index in [2.05, 4.69) is 10.6 Å². The quantitative estimate of drug-likeness (QED) is 0.568. The number of rotatable bonds is 5. The second-order valence-corrected chi connectivity index (χ2v) is 7.34. The second kappa shape index (κ2) is 8.81. The SMILES string of the molecule is O=C(Nc1ccc(NC(=O)c2ccco2)cc1C(F)(F)F)c1ccc(N2CCCC2=O)cc1. The third-order valence-electron chi connectivity index (χ3n) is 5.09. The maximum Gasteiger partial charge on any atom is 0.418 e. The van der Waals surface area contributed by atoms with Gasteiger partial charge in [-0.1, -0.05) is 0 Å². The van der Waals surface area contributed by atoms with Crippen LogP contribution in [0.1, 0.15) is 39.3 Å². The Kier molecular flexibility index (Phi) is 5.91. The van der Waals surface area contributed by atoms with Gasteiger partial charge >= 0.3 is 6.18 Å². The van der Waals surface area contributed by atoms with E-state index in [0.717, 1.165) is 18.6 Å². The van der Waals surface area contributed by atoms with Gasteiger partial charge in [0.15, 0.2) is 5.76 Å². The number of nitrogens with zero attached hydrogens (tertiary/aromatic N) is 1. The number of hydrogen-bond donors (Lipinski definition) is 2. The minimum absolute atomic E-state index is 0.0127. The Morgan fingerprint density at radius 2 is 1.73 bits per heavy atom. The molecule has 0 unspecified atom stereocenters. The van der Waals surface area contributed by atoms with Crippen molar-refractivity contribution < 1.29 is 32.0 Å². The third kappa shape index (κ3) is 4.89. The van der Waals surface area contributed by atoms with Crippen molar-refractivity contribution in [3.63, 3.8) is 0 Å². The highest BCUT2D eigenvalue weighted by atomic mass is 19.4. The summed E-state index contributed by atoms with van der Waals surface area (Å²) in [6.07, 6.45) is -2.31. The number of nitrogens with one attached hydrogen (secondary N) is 2. The molecule has 0 radical (unpaired) electrons. The van der Waals surface area contributed by atoms with Crippen LogP contribution >= 0.6 is 0 Å². The summed E-state index contributed by atoms with van der Waals surface area (Å²) in [7, 11) is 0. The zero-order valence-corrected chi connectivity index (χ0v) is 17.1. The Balaban J connectivity index is 1.52. The van der Waals surface area contributed by atoms with Crippen LogP contribution in [0.5, 0.6) is 0 Å². The summed E-state index contributed by atoms with van der Waals surface area (Å²) >= 11 is 0. The van der Waals surface area contributed by atoms with E-state index in [0.29, 0.717) is 18.7 Å². The largest absolute Gasteiger partial charge is 0.459 e. The number of halogens is 3. The Morgan fingerprint density at radius 3 is 2.33 bits per heavy atom. The molecule has 2 heterocycles. The fourth-order valence-electron chi connectivity index (χ4n) is 3.47. The van der Waals surface area contributed by atoms with E-state index in [-0.39, 0.29) is 22.9 Å². The molecular weight excluding hydrogens is 439 g/mol. The predicted octanol–water partition coefficient (Wildman–Crippen LogP) is 4.93. The molecule has 0 atom stereocenters. The molecule has 0 bridgehead atoms. The Morgan fingerprint density at radius 1 is 0.970 bits per heavy atom. The smallest absolute Gasteiger partial charge is 0.418 e. The zero-order valence-electron chi connectivity index (χ0n) is 17.1. The molecule has 1 saturated heterocycles. The third-order valence-corrected chi connectivity index (χ3v) is 5.09. The molecule has 3 aromatic rings. The van der Waals surface area contributed by atoms with Gasteiger partial charge in [0.1, 0.15) is 0 Å². The van der Waals surface area contributed by atoms with Gasteiger partial charge in [0.25, 0.3) is 11.8 Å². The summed E-state index contributed by atoms with van der Waals surface area (Å²) in [5.41, 5.74) is -0.925. The molecule has 1 aliphatic rings. The molecule has 1 fully saturated rings. The molecule has 4 rings (SSSR count). The summed E-state index contributed by atoms with van der Waals surface area (Å²) < 4.78 is 45.8. The van der Waals surface area contributed by atoms with Crippen molar-refractivity contribution in [2.75, 3.05) is 22.1 Å². The Bertz CT molecular complexity index is 1190. The molecule has 33 heavy (non-hydrogen) atoms. The number of hydrogen-bond acceptors (Lipinski definition) is 4. The minimum Gasteiger partial charge on any atom is -0.459 e. The van der Waals surface area contributed by atoms with Gasteiger partial charge < -0.3 is 20.0 Å². The van der Waals surface area contributed by atoms with Crippen LogP contribution in [-0.2, 0) is 11.0 Å². The molecule has 7 nitrogen and oxygen atoms in total. The van der Waals surface area contributed by atoms with Gasteiger partial charge in [-0.15, -0.1) is 0 Å². The summed E-state index contributed by atoms with van der Waals surface area (Å²) in [6, 6.07) is 11.9. The van der Waals surface area contributed by atoms with Gasteiger partial charge in [0.2, 0.25) is 5.91 Å². The number of anilines is 3. The first kappa shape index (κ1) is 22.1. The molecule has 3 amide bonds. The average molecular weight is 457 g/mol. The Hall–Kier alpha value is -4.08. The van der Waals surface area contributed by atoms with Crippen LogP contribution in [0.4, 0.5) is 30.2 Å². The van der Waals surface area contributed by atoms with Crippen molar-refractivity contribution in [3.05, 3.63) is 77.7 Å². The molecule has 0 spiro atoms. The minimum atomic E-state index is -4.78. The van der Waals surface area contributed by atoms with E-state index >= 15 is 0 Å². The van der Waals surface area contributed by atoms with Gasteiger partial charge in [0, 0.05) is 29.9 Å². The van der Waals surface area contributed by atoms with Crippen molar-refractivity contribution in [2.24, 2.45) is 0 Å². The van der Waals surface area contributed by atoms with Crippen molar-refractivity contribution in [2.45, 2.75) is 19.0 Å². The van der Waals surface area contributed by atoms with Crippen LogP contribution < -0.4 is 15.5 Å². The van der Waals surface area contributed by atoms with E-state index in [4.69, 9.17) is 4.42 Å². The van der Waals surface area contributed by atoms with Crippen molar-refractivity contribution >= 4 is 34.8 Å². The Labute approximate surface area is 186 Å². The van der Waals surface area contributed by atoms with Crippen LogP contribution in [0.25, 0.3) is 0 Å². The summed E-state index contributed by atoms with van der Waals surface area (Å²) in [5.74, 6) is -1.52.